The zero-order chi connectivity index (χ0) is 13.8. The zero-order valence-corrected chi connectivity index (χ0v) is 11.1. The molecule has 0 heterocycles. The van der Waals surface area contributed by atoms with E-state index in [4.69, 9.17) is 21.4 Å². The van der Waals surface area contributed by atoms with Crippen molar-refractivity contribution in [3.63, 3.8) is 0 Å². The maximum Gasteiger partial charge on any atom is 0.335 e. The van der Waals surface area contributed by atoms with Crippen LogP contribution in [0.5, 0.6) is 5.75 Å². The molecule has 4 heteroatoms. The normalized spacial score (nSPS) is 10.2. The van der Waals surface area contributed by atoms with Crippen molar-refractivity contribution in [3.05, 3.63) is 64.2 Å². The van der Waals surface area contributed by atoms with Crippen LogP contribution in [0, 0.1) is 6.92 Å². The highest BCUT2D eigenvalue weighted by Gasteiger charge is 2.03. The summed E-state index contributed by atoms with van der Waals surface area (Å²) in [5, 5.41) is 9.50. The van der Waals surface area contributed by atoms with Gasteiger partial charge in [0.05, 0.1) is 5.56 Å². The Morgan fingerprint density at radius 3 is 2.47 bits per heavy atom. The number of carboxylic acid groups (broad SMARTS) is 1. The minimum absolute atomic E-state index is 0.270. The molecule has 0 radical (unpaired) electrons. The van der Waals surface area contributed by atoms with Crippen molar-refractivity contribution in [1.29, 1.82) is 0 Å². The number of hydrogen-bond donors (Lipinski definition) is 1. The van der Waals surface area contributed by atoms with Crippen LogP contribution in [0.15, 0.2) is 42.5 Å². The minimum atomic E-state index is -0.930. The minimum Gasteiger partial charge on any atom is -0.489 e. The van der Waals surface area contributed by atoms with Crippen LogP contribution in [0.1, 0.15) is 21.5 Å². The summed E-state index contributed by atoms with van der Waals surface area (Å²) in [4.78, 5) is 10.7. The fourth-order valence-corrected chi connectivity index (χ4v) is 1.73. The molecule has 2 aromatic rings. The van der Waals surface area contributed by atoms with E-state index in [-0.39, 0.29) is 5.56 Å². The van der Waals surface area contributed by atoms with Gasteiger partial charge in [0, 0.05) is 5.02 Å². The van der Waals surface area contributed by atoms with Gasteiger partial charge in [-0.15, -0.1) is 0 Å². The second-order valence-electron chi connectivity index (χ2n) is 4.20. The molecule has 0 unspecified atom stereocenters. The van der Waals surface area contributed by atoms with Crippen LogP contribution >= 0.6 is 11.6 Å². The molecule has 0 fully saturated rings. The molecule has 0 atom stereocenters. The molecule has 2 aromatic carbocycles. The Hall–Kier alpha value is -2.00. The van der Waals surface area contributed by atoms with Gasteiger partial charge in [0.1, 0.15) is 12.4 Å². The summed E-state index contributed by atoms with van der Waals surface area (Å²) in [5.41, 5.74) is 2.14. The van der Waals surface area contributed by atoms with Crippen LogP contribution < -0.4 is 4.74 Å². The van der Waals surface area contributed by atoms with Crippen LogP contribution in [0.4, 0.5) is 0 Å². The lowest BCUT2D eigenvalue weighted by Gasteiger charge is -2.08. The van der Waals surface area contributed by atoms with Crippen LogP contribution in [-0.2, 0) is 6.61 Å². The van der Waals surface area contributed by atoms with Crippen LogP contribution in [0.2, 0.25) is 5.02 Å². The fourth-order valence-electron chi connectivity index (χ4n) is 1.62. The summed E-state index contributed by atoms with van der Waals surface area (Å²) in [6.07, 6.45) is 0. The van der Waals surface area contributed by atoms with Crippen LogP contribution in [0.3, 0.4) is 0 Å². The maximum absolute atomic E-state index is 10.7. The first kappa shape index (κ1) is 13.4. The quantitative estimate of drug-likeness (QED) is 0.920. The summed E-state index contributed by atoms with van der Waals surface area (Å²) in [7, 11) is 0. The summed E-state index contributed by atoms with van der Waals surface area (Å²) < 4.78 is 5.62. The maximum atomic E-state index is 10.7. The summed E-state index contributed by atoms with van der Waals surface area (Å²) >= 11 is 5.93. The molecule has 0 amide bonds. The molecule has 3 nitrogen and oxygen atoms in total. The van der Waals surface area contributed by atoms with Gasteiger partial charge in [-0.2, -0.15) is 0 Å². The number of hydrogen-bond acceptors (Lipinski definition) is 2. The average molecular weight is 277 g/mol. The standard InChI is InChI=1S/C15H13ClO3/c1-10-8-13(6-7-14(10)16)19-9-11-2-4-12(5-3-11)15(17)18/h2-8H,9H2,1H3,(H,17,18). The third kappa shape index (κ3) is 3.48. The van der Waals surface area contributed by atoms with Gasteiger partial charge >= 0.3 is 5.97 Å². The molecule has 0 saturated carbocycles. The average Bonchev–Trinajstić information content (AvgIpc) is 2.40. The van der Waals surface area contributed by atoms with Crippen LogP contribution in [-0.4, -0.2) is 11.1 Å². The number of benzene rings is 2. The molecule has 19 heavy (non-hydrogen) atoms. The molecule has 1 N–H and O–H groups in total. The lowest BCUT2D eigenvalue weighted by molar-refractivity contribution is 0.0697. The third-order valence-electron chi connectivity index (χ3n) is 2.74. The Labute approximate surface area is 116 Å². The number of aromatic carboxylic acids is 1. The molecular formula is C15H13ClO3. The van der Waals surface area contributed by atoms with Gasteiger partial charge < -0.3 is 9.84 Å². The molecule has 0 aliphatic rings. The second kappa shape index (κ2) is 5.76. The van der Waals surface area contributed by atoms with Crippen LogP contribution in [0.25, 0.3) is 0 Å². The Balaban J connectivity index is 2.01. The smallest absolute Gasteiger partial charge is 0.335 e. The van der Waals surface area contributed by atoms with E-state index in [0.29, 0.717) is 11.6 Å². The predicted molar refractivity (Wildman–Crippen MR) is 73.9 cm³/mol. The predicted octanol–water partition coefficient (Wildman–Crippen LogP) is 3.93. The molecule has 0 spiro atoms. The lowest BCUT2D eigenvalue weighted by Crippen LogP contribution is -1.99. The van der Waals surface area contributed by atoms with E-state index in [2.05, 4.69) is 0 Å². The number of carboxylic acids is 1. The zero-order valence-electron chi connectivity index (χ0n) is 10.4. The first-order valence-corrected chi connectivity index (χ1v) is 6.15. The van der Waals surface area contributed by atoms with E-state index in [1.54, 1.807) is 36.4 Å². The van der Waals surface area contributed by atoms with Gasteiger partial charge in [0.15, 0.2) is 0 Å². The van der Waals surface area contributed by atoms with Crippen molar-refractivity contribution in [2.24, 2.45) is 0 Å². The monoisotopic (exact) mass is 276 g/mol. The molecule has 0 bridgehead atoms. The van der Waals surface area contributed by atoms with E-state index < -0.39 is 5.97 Å². The van der Waals surface area contributed by atoms with E-state index in [9.17, 15) is 4.79 Å². The highest BCUT2D eigenvalue weighted by molar-refractivity contribution is 6.31. The van der Waals surface area contributed by atoms with E-state index in [0.717, 1.165) is 16.9 Å². The van der Waals surface area contributed by atoms with Gasteiger partial charge in [-0.1, -0.05) is 23.7 Å². The summed E-state index contributed by atoms with van der Waals surface area (Å²) in [5.74, 6) is -0.190. The van der Waals surface area contributed by atoms with E-state index in [1.165, 1.54) is 0 Å². The van der Waals surface area contributed by atoms with Crippen molar-refractivity contribution in [3.8, 4) is 5.75 Å². The number of aryl methyl sites for hydroxylation is 1. The van der Waals surface area contributed by atoms with Gasteiger partial charge in [-0.3, -0.25) is 0 Å². The summed E-state index contributed by atoms with van der Waals surface area (Å²) in [6.45, 7) is 2.30. The molecule has 0 aliphatic heterocycles. The van der Waals surface area contributed by atoms with Gasteiger partial charge in [0.25, 0.3) is 0 Å². The van der Waals surface area contributed by atoms with Crippen molar-refractivity contribution >= 4 is 17.6 Å². The Morgan fingerprint density at radius 2 is 1.89 bits per heavy atom. The first-order chi connectivity index (χ1) is 9.06. The van der Waals surface area contributed by atoms with E-state index >= 15 is 0 Å². The van der Waals surface area contributed by atoms with Crippen molar-refractivity contribution < 1.29 is 14.6 Å². The Morgan fingerprint density at radius 1 is 1.21 bits per heavy atom. The molecule has 0 aromatic heterocycles. The summed E-state index contributed by atoms with van der Waals surface area (Å²) in [6, 6.07) is 12.1. The van der Waals surface area contributed by atoms with Gasteiger partial charge in [0.2, 0.25) is 0 Å². The fraction of sp³-hybridized carbons (Fsp3) is 0.133. The third-order valence-corrected chi connectivity index (χ3v) is 3.16. The van der Waals surface area contributed by atoms with Crippen molar-refractivity contribution in [2.45, 2.75) is 13.5 Å². The number of carbonyl (C=O) groups is 1. The SMILES string of the molecule is Cc1cc(OCc2ccc(C(=O)O)cc2)ccc1Cl. The topological polar surface area (TPSA) is 46.5 Å². The van der Waals surface area contributed by atoms with Crippen molar-refractivity contribution in [1.82, 2.24) is 0 Å². The molecule has 2 rings (SSSR count). The lowest BCUT2D eigenvalue weighted by atomic mass is 10.1. The van der Waals surface area contributed by atoms with E-state index in [1.807, 2.05) is 13.0 Å². The largest absolute Gasteiger partial charge is 0.489 e. The molecule has 0 aliphatic carbocycles. The van der Waals surface area contributed by atoms with Gasteiger partial charge in [-0.05, 0) is 48.4 Å². The highest BCUT2D eigenvalue weighted by Crippen LogP contribution is 2.21. The Kier molecular flexibility index (Phi) is 4.07. The van der Waals surface area contributed by atoms with Gasteiger partial charge in [-0.25, -0.2) is 4.79 Å². The molecule has 0 saturated heterocycles. The molecular weight excluding hydrogens is 264 g/mol. The highest BCUT2D eigenvalue weighted by atomic mass is 35.5. The number of ether oxygens (including phenoxy) is 1. The number of halogens is 1. The Bertz CT molecular complexity index is 591. The first-order valence-electron chi connectivity index (χ1n) is 5.77. The van der Waals surface area contributed by atoms with Crippen molar-refractivity contribution in [2.75, 3.05) is 0 Å². The second-order valence-corrected chi connectivity index (χ2v) is 4.61. The molecule has 98 valence electrons. The number of rotatable bonds is 4.